The highest BCUT2D eigenvalue weighted by atomic mass is 19.4. The predicted octanol–water partition coefficient (Wildman–Crippen LogP) is 8.04. The molecule has 234 valence electrons. The van der Waals surface area contributed by atoms with Gasteiger partial charge in [0.25, 0.3) is 5.95 Å². The van der Waals surface area contributed by atoms with E-state index in [0.29, 0.717) is 12.3 Å². The van der Waals surface area contributed by atoms with Crippen LogP contribution in [-0.4, -0.2) is 33.3 Å². The summed E-state index contributed by atoms with van der Waals surface area (Å²) >= 11 is 0. The second-order valence-electron chi connectivity index (χ2n) is 12.4. The van der Waals surface area contributed by atoms with Crippen LogP contribution in [0.5, 0.6) is 0 Å². The molecule has 0 N–H and O–H groups in total. The number of aromatic nitrogens is 4. The molecule has 1 fully saturated rings. The highest BCUT2D eigenvalue weighted by Crippen LogP contribution is 2.43. The molecule has 1 aliphatic carbocycles. The molecule has 1 aliphatic heterocycles. The van der Waals surface area contributed by atoms with Gasteiger partial charge >= 0.3 is 12.4 Å². The van der Waals surface area contributed by atoms with E-state index >= 15 is 0 Å². The Morgan fingerprint density at radius 3 is 2.12 bits per heavy atom. The van der Waals surface area contributed by atoms with Crippen molar-refractivity contribution < 1.29 is 26.3 Å². The molecule has 3 aromatic rings. The van der Waals surface area contributed by atoms with E-state index in [1.807, 2.05) is 6.92 Å². The number of benzene rings is 2. The van der Waals surface area contributed by atoms with Crippen molar-refractivity contribution >= 4 is 11.6 Å². The fourth-order valence-electron chi connectivity index (χ4n) is 6.77. The summed E-state index contributed by atoms with van der Waals surface area (Å²) in [5.74, 6) is 1.46. The Morgan fingerprint density at radius 2 is 1.53 bits per heavy atom. The number of anilines is 2. The second-order valence-corrected chi connectivity index (χ2v) is 12.4. The monoisotopic (exact) mass is 608 g/mol. The Labute approximate surface area is 248 Å². The Bertz CT molecular complexity index is 1390. The molecule has 1 unspecified atom stereocenters. The molecule has 2 aliphatic rings. The molecule has 2 heterocycles. The summed E-state index contributed by atoms with van der Waals surface area (Å²) < 4.78 is 82.4. The molecule has 12 heteroatoms. The van der Waals surface area contributed by atoms with Gasteiger partial charge in [-0.05, 0) is 91.5 Å². The molecule has 1 aromatic heterocycles. The lowest BCUT2D eigenvalue weighted by Gasteiger charge is -2.36. The number of alkyl halides is 6. The maximum Gasteiger partial charge on any atom is 0.416 e. The molecule has 0 bridgehead atoms. The van der Waals surface area contributed by atoms with Gasteiger partial charge in [-0.3, -0.25) is 0 Å². The quantitative estimate of drug-likeness (QED) is 0.265. The summed E-state index contributed by atoms with van der Waals surface area (Å²) in [5.41, 5.74) is 1.38. The highest BCUT2D eigenvalue weighted by Gasteiger charge is 2.38. The maximum absolute atomic E-state index is 13.7. The van der Waals surface area contributed by atoms with Crippen LogP contribution < -0.4 is 9.80 Å². The third-order valence-electron chi connectivity index (χ3n) is 8.80. The molecule has 6 nitrogen and oxygen atoms in total. The maximum atomic E-state index is 13.7. The number of hydrogen-bond donors (Lipinski definition) is 0. The van der Waals surface area contributed by atoms with Crippen molar-refractivity contribution in [2.24, 2.45) is 18.9 Å². The summed E-state index contributed by atoms with van der Waals surface area (Å²) in [6, 6.07) is 5.56. The van der Waals surface area contributed by atoms with E-state index < -0.39 is 29.5 Å². The van der Waals surface area contributed by atoms with Crippen molar-refractivity contribution in [3.63, 3.8) is 0 Å². The van der Waals surface area contributed by atoms with Gasteiger partial charge in [0.05, 0.1) is 24.2 Å². The Hall–Kier alpha value is -3.31. The van der Waals surface area contributed by atoms with Crippen LogP contribution in [0.15, 0.2) is 30.3 Å². The number of tetrazole rings is 1. The zero-order valence-corrected chi connectivity index (χ0v) is 24.9. The van der Waals surface area contributed by atoms with Crippen molar-refractivity contribution in [2.45, 2.75) is 84.2 Å². The molecular weight excluding hydrogens is 570 g/mol. The van der Waals surface area contributed by atoms with E-state index in [1.165, 1.54) is 30.5 Å². The van der Waals surface area contributed by atoms with Crippen LogP contribution in [0.2, 0.25) is 0 Å². The molecule has 0 saturated heterocycles. The Morgan fingerprint density at radius 1 is 0.884 bits per heavy atom. The van der Waals surface area contributed by atoms with Crippen molar-refractivity contribution in [1.82, 2.24) is 20.2 Å². The van der Waals surface area contributed by atoms with Crippen LogP contribution in [0.1, 0.15) is 84.9 Å². The number of fused-ring (bicyclic) bond motifs is 1. The van der Waals surface area contributed by atoms with E-state index in [4.69, 9.17) is 0 Å². The molecule has 0 radical (unpaired) electrons. The summed E-state index contributed by atoms with van der Waals surface area (Å²) in [5, 5.41) is 12.5. The Balaban J connectivity index is 1.58. The van der Waals surface area contributed by atoms with Gasteiger partial charge in [-0.1, -0.05) is 42.6 Å². The number of nitrogens with zero attached hydrogens (tertiary/aromatic N) is 6. The SMILES string of the molecule is Cc1cc(C)c2c(c1)C(N(Cc1cc(C(F)(F)F)cc(C(F)(F)F)c1)c1nnn(C)n1)CCCN2CC1CCC(C)CC1. The van der Waals surface area contributed by atoms with Gasteiger partial charge in [0.1, 0.15) is 0 Å². The molecular formula is C31H38F6N6. The van der Waals surface area contributed by atoms with Gasteiger partial charge in [-0.15, -0.1) is 5.10 Å². The largest absolute Gasteiger partial charge is 0.416 e. The predicted molar refractivity (Wildman–Crippen MR) is 153 cm³/mol. The smallest absolute Gasteiger partial charge is 0.371 e. The molecule has 5 rings (SSSR count). The van der Waals surface area contributed by atoms with E-state index in [9.17, 15) is 26.3 Å². The van der Waals surface area contributed by atoms with Crippen LogP contribution in [0.25, 0.3) is 0 Å². The van der Waals surface area contributed by atoms with Crippen LogP contribution >= 0.6 is 0 Å². The Kier molecular flexibility index (Phi) is 8.68. The van der Waals surface area contributed by atoms with Crippen molar-refractivity contribution in [1.29, 1.82) is 0 Å². The van der Waals surface area contributed by atoms with Gasteiger partial charge in [0.2, 0.25) is 0 Å². The van der Waals surface area contributed by atoms with E-state index in [2.05, 4.69) is 46.3 Å². The van der Waals surface area contributed by atoms with Crippen LogP contribution in [0, 0.1) is 25.7 Å². The summed E-state index contributed by atoms with van der Waals surface area (Å²) in [6.07, 6.45) is -3.69. The minimum Gasteiger partial charge on any atom is -0.371 e. The summed E-state index contributed by atoms with van der Waals surface area (Å²) in [4.78, 5) is 5.40. The topological polar surface area (TPSA) is 50.1 Å². The summed E-state index contributed by atoms with van der Waals surface area (Å²) in [7, 11) is 1.57. The molecule has 0 spiro atoms. The van der Waals surface area contributed by atoms with Gasteiger partial charge < -0.3 is 9.80 Å². The van der Waals surface area contributed by atoms with Crippen LogP contribution in [0.4, 0.5) is 38.0 Å². The lowest BCUT2D eigenvalue weighted by molar-refractivity contribution is -0.143. The van der Waals surface area contributed by atoms with Gasteiger partial charge in [-0.2, -0.15) is 31.1 Å². The zero-order valence-electron chi connectivity index (χ0n) is 24.9. The van der Waals surface area contributed by atoms with Crippen molar-refractivity contribution in [2.75, 3.05) is 22.9 Å². The van der Waals surface area contributed by atoms with Gasteiger partial charge in [0.15, 0.2) is 0 Å². The minimum atomic E-state index is -4.94. The number of hydrogen-bond acceptors (Lipinski definition) is 5. The minimum absolute atomic E-state index is 0.127. The fraction of sp³-hybridized carbons (Fsp3) is 0.581. The average molecular weight is 609 g/mol. The molecule has 0 amide bonds. The van der Waals surface area contributed by atoms with Gasteiger partial charge in [0, 0.05) is 25.3 Å². The molecule has 1 saturated carbocycles. The summed E-state index contributed by atoms with van der Waals surface area (Å²) in [6.45, 7) is 7.83. The zero-order chi connectivity index (χ0) is 31.1. The molecule has 1 atom stereocenters. The first-order chi connectivity index (χ1) is 20.2. The number of halogens is 6. The third-order valence-corrected chi connectivity index (χ3v) is 8.80. The normalized spacial score (nSPS) is 21.4. The fourth-order valence-corrected chi connectivity index (χ4v) is 6.77. The third kappa shape index (κ3) is 7.09. The standard InChI is InChI=1S/C31H38F6N6/c1-19-7-9-22(10-8-19)17-42-11-5-6-27(26-13-20(2)12-21(3)28(26)42)43(29-38-40-41(4)39-29)18-23-14-24(30(32,33)34)16-25(15-23)31(35,36)37/h12-16,19,22,27H,5-11,17-18H2,1-4H3. The van der Waals surface area contributed by atoms with E-state index in [-0.39, 0.29) is 24.1 Å². The van der Waals surface area contributed by atoms with Crippen LogP contribution in [-0.2, 0) is 25.9 Å². The van der Waals surface area contributed by atoms with Crippen molar-refractivity contribution in [3.05, 3.63) is 63.7 Å². The number of rotatable bonds is 6. The second kappa shape index (κ2) is 12.0. The first-order valence-electron chi connectivity index (χ1n) is 14.8. The average Bonchev–Trinajstić information content (AvgIpc) is 3.26. The molecule has 43 heavy (non-hydrogen) atoms. The first kappa shape index (κ1) is 31.1. The van der Waals surface area contributed by atoms with Crippen LogP contribution in [0.3, 0.4) is 0 Å². The first-order valence-corrected chi connectivity index (χ1v) is 14.8. The van der Waals surface area contributed by atoms with E-state index in [1.54, 1.807) is 11.9 Å². The van der Waals surface area contributed by atoms with E-state index in [0.717, 1.165) is 59.9 Å². The van der Waals surface area contributed by atoms with Crippen molar-refractivity contribution in [3.8, 4) is 0 Å². The molecule has 2 aromatic carbocycles. The highest BCUT2D eigenvalue weighted by molar-refractivity contribution is 5.64. The lowest BCUT2D eigenvalue weighted by Crippen LogP contribution is -2.33. The lowest BCUT2D eigenvalue weighted by atomic mass is 9.82. The van der Waals surface area contributed by atoms with Gasteiger partial charge in [-0.25, -0.2) is 0 Å². The number of aryl methyl sites for hydroxylation is 3.